The zero-order valence-corrected chi connectivity index (χ0v) is 10.8. The molecular weight excluding hydrogens is 263 g/mol. The van der Waals surface area contributed by atoms with Crippen LogP contribution in [0, 0.1) is 5.82 Å². The van der Waals surface area contributed by atoms with Crippen LogP contribution in [0.3, 0.4) is 0 Å². The lowest BCUT2D eigenvalue weighted by Gasteiger charge is -2.20. The number of fused-ring (bicyclic) bond motifs is 2. The molecule has 19 heavy (non-hydrogen) atoms. The Morgan fingerprint density at radius 1 is 1.37 bits per heavy atom. The topological polar surface area (TPSA) is 53.6 Å². The number of nitrogens with one attached hydrogen (secondary N) is 2. The lowest BCUT2D eigenvalue weighted by Crippen LogP contribution is -2.28. The van der Waals surface area contributed by atoms with Crippen molar-refractivity contribution in [1.29, 1.82) is 0 Å². The fraction of sp³-hybridized carbons (Fsp3) is 0.231. The van der Waals surface area contributed by atoms with E-state index in [-0.39, 0.29) is 11.9 Å². The van der Waals surface area contributed by atoms with Gasteiger partial charge in [-0.2, -0.15) is 0 Å². The summed E-state index contributed by atoms with van der Waals surface area (Å²) >= 11 is 1.54. The SMILES string of the molecule is Fc1ccc2nc(C3Cc4nc[nH]c4CN3)sc2c1. The number of hydrogen-bond acceptors (Lipinski definition) is 4. The van der Waals surface area contributed by atoms with Gasteiger partial charge in [-0.1, -0.05) is 0 Å². The molecule has 0 amide bonds. The largest absolute Gasteiger partial charge is 0.347 e. The van der Waals surface area contributed by atoms with Crippen LogP contribution in [0.1, 0.15) is 22.4 Å². The van der Waals surface area contributed by atoms with Gasteiger partial charge in [-0.25, -0.2) is 14.4 Å². The van der Waals surface area contributed by atoms with Gasteiger partial charge in [0, 0.05) is 13.0 Å². The molecule has 1 unspecified atom stereocenters. The van der Waals surface area contributed by atoms with E-state index in [4.69, 9.17) is 0 Å². The monoisotopic (exact) mass is 274 g/mol. The minimum Gasteiger partial charge on any atom is -0.347 e. The maximum atomic E-state index is 13.2. The molecular formula is C13H11FN4S. The Morgan fingerprint density at radius 3 is 3.26 bits per heavy atom. The van der Waals surface area contributed by atoms with Crippen LogP contribution in [0.5, 0.6) is 0 Å². The van der Waals surface area contributed by atoms with Crippen LogP contribution in [-0.2, 0) is 13.0 Å². The Bertz CT molecular complexity index is 748. The summed E-state index contributed by atoms with van der Waals surface area (Å²) in [6.45, 7) is 0.768. The molecule has 3 heterocycles. The van der Waals surface area contributed by atoms with Gasteiger partial charge in [0.1, 0.15) is 10.8 Å². The first-order valence-electron chi connectivity index (χ1n) is 6.10. The number of benzene rings is 1. The van der Waals surface area contributed by atoms with Gasteiger partial charge in [0.2, 0.25) is 0 Å². The van der Waals surface area contributed by atoms with Crippen molar-refractivity contribution in [2.75, 3.05) is 0 Å². The molecule has 0 bridgehead atoms. The number of rotatable bonds is 1. The van der Waals surface area contributed by atoms with Crippen LogP contribution < -0.4 is 5.32 Å². The van der Waals surface area contributed by atoms with Crippen molar-refractivity contribution in [3.63, 3.8) is 0 Å². The highest BCUT2D eigenvalue weighted by Gasteiger charge is 2.23. The molecule has 2 aromatic heterocycles. The predicted molar refractivity (Wildman–Crippen MR) is 71.5 cm³/mol. The van der Waals surface area contributed by atoms with Crippen molar-refractivity contribution in [2.45, 2.75) is 19.0 Å². The summed E-state index contributed by atoms with van der Waals surface area (Å²) in [5.74, 6) is -0.214. The minimum absolute atomic E-state index is 0.163. The highest BCUT2D eigenvalue weighted by molar-refractivity contribution is 7.18. The van der Waals surface area contributed by atoms with Crippen molar-refractivity contribution in [3.8, 4) is 0 Å². The number of halogens is 1. The first-order valence-corrected chi connectivity index (χ1v) is 6.92. The molecule has 1 atom stereocenters. The summed E-state index contributed by atoms with van der Waals surface area (Å²) in [5, 5.41) is 4.43. The molecule has 6 heteroatoms. The standard InChI is InChI=1S/C13H11FN4S/c14-7-1-2-8-12(3-7)19-13(18-8)10-4-9-11(5-15-10)17-6-16-9/h1-3,6,10,15H,4-5H2,(H,16,17). The molecule has 1 aliphatic heterocycles. The van der Waals surface area contributed by atoms with Crippen molar-refractivity contribution in [1.82, 2.24) is 20.3 Å². The average molecular weight is 274 g/mol. The Kier molecular flexibility index (Phi) is 2.39. The quantitative estimate of drug-likeness (QED) is 0.717. The van der Waals surface area contributed by atoms with Crippen molar-refractivity contribution >= 4 is 21.6 Å². The number of imidazole rings is 1. The molecule has 0 aliphatic carbocycles. The average Bonchev–Trinajstić information content (AvgIpc) is 3.02. The lowest BCUT2D eigenvalue weighted by molar-refractivity contribution is 0.488. The first-order chi connectivity index (χ1) is 9.29. The van der Waals surface area contributed by atoms with Gasteiger partial charge in [0.05, 0.1) is 34.0 Å². The number of aromatic nitrogens is 3. The summed E-state index contributed by atoms with van der Waals surface area (Å²) in [4.78, 5) is 12.0. The summed E-state index contributed by atoms with van der Waals surface area (Å²) in [5.41, 5.74) is 3.09. The minimum atomic E-state index is -0.214. The number of aromatic amines is 1. The number of thiazole rings is 1. The fourth-order valence-corrected chi connectivity index (χ4v) is 3.48. The predicted octanol–water partition coefficient (Wildman–Crippen LogP) is 2.55. The number of H-pyrrole nitrogens is 1. The van der Waals surface area contributed by atoms with Crippen molar-refractivity contribution < 1.29 is 4.39 Å². The summed E-state index contributed by atoms with van der Waals surface area (Å²) in [7, 11) is 0. The highest BCUT2D eigenvalue weighted by atomic mass is 32.1. The molecule has 0 saturated heterocycles. The number of hydrogen-bond donors (Lipinski definition) is 2. The second-order valence-electron chi connectivity index (χ2n) is 4.63. The normalized spacial score (nSPS) is 18.7. The van der Waals surface area contributed by atoms with E-state index in [1.807, 2.05) is 0 Å². The Labute approximate surface area is 112 Å². The summed E-state index contributed by atoms with van der Waals surface area (Å²) in [6.07, 6.45) is 2.55. The van der Waals surface area contributed by atoms with E-state index in [0.29, 0.717) is 0 Å². The van der Waals surface area contributed by atoms with Crippen LogP contribution in [0.25, 0.3) is 10.2 Å². The summed E-state index contributed by atoms with van der Waals surface area (Å²) < 4.78 is 14.1. The van der Waals surface area contributed by atoms with E-state index in [0.717, 1.165) is 39.6 Å². The van der Waals surface area contributed by atoms with Gasteiger partial charge < -0.3 is 10.3 Å². The second-order valence-corrected chi connectivity index (χ2v) is 5.69. The van der Waals surface area contributed by atoms with Crippen molar-refractivity contribution in [2.24, 2.45) is 0 Å². The molecule has 0 saturated carbocycles. The lowest BCUT2D eigenvalue weighted by atomic mass is 10.1. The van der Waals surface area contributed by atoms with Crippen molar-refractivity contribution in [3.05, 3.63) is 46.7 Å². The molecule has 4 nitrogen and oxygen atoms in total. The zero-order chi connectivity index (χ0) is 12.8. The van der Waals surface area contributed by atoms with Crippen LogP contribution in [0.2, 0.25) is 0 Å². The smallest absolute Gasteiger partial charge is 0.124 e. The van der Waals surface area contributed by atoms with E-state index in [1.165, 1.54) is 6.07 Å². The maximum Gasteiger partial charge on any atom is 0.124 e. The molecule has 1 aromatic carbocycles. The van der Waals surface area contributed by atoms with Crippen LogP contribution >= 0.6 is 11.3 Å². The number of nitrogens with zero attached hydrogens (tertiary/aromatic N) is 2. The van der Waals surface area contributed by atoms with Gasteiger partial charge >= 0.3 is 0 Å². The van der Waals surface area contributed by atoms with E-state index >= 15 is 0 Å². The highest BCUT2D eigenvalue weighted by Crippen LogP contribution is 2.30. The van der Waals surface area contributed by atoms with E-state index in [2.05, 4.69) is 20.3 Å². The molecule has 1 aliphatic rings. The van der Waals surface area contributed by atoms with Gasteiger partial charge in [0.15, 0.2) is 0 Å². The van der Waals surface area contributed by atoms with Crippen LogP contribution in [0.15, 0.2) is 24.5 Å². The second kappa shape index (κ2) is 4.11. The first kappa shape index (κ1) is 11.1. The molecule has 3 aromatic rings. The summed E-state index contributed by atoms with van der Waals surface area (Å²) in [6, 6.07) is 4.88. The molecule has 4 rings (SSSR count). The van der Waals surface area contributed by atoms with Gasteiger partial charge in [-0.05, 0) is 18.2 Å². The third-order valence-electron chi connectivity index (χ3n) is 3.40. The van der Waals surface area contributed by atoms with E-state index in [9.17, 15) is 4.39 Å². The Hall–Kier alpha value is -1.79. The van der Waals surface area contributed by atoms with Crippen LogP contribution in [0.4, 0.5) is 4.39 Å². The van der Waals surface area contributed by atoms with Crippen LogP contribution in [-0.4, -0.2) is 15.0 Å². The van der Waals surface area contributed by atoms with Gasteiger partial charge in [-0.15, -0.1) is 11.3 Å². The molecule has 0 radical (unpaired) electrons. The molecule has 0 spiro atoms. The van der Waals surface area contributed by atoms with Gasteiger partial charge in [0.25, 0.3) is 0 Å². The fourth-order valence-electron chi connectivity index (χ4n) is 2.41. The maximum absolute atomic E-state index is 13.2. The molecule has 96 valence electrons. The third-order valence-corrected chi connectivity index (χ3v) is 4.53. The zero-order valence-electron chi connectivity index (χ0n) is 9.98. The molecule has 0 fully saturated rings. The molecule has 2 N–H and O–H groups in total. The van der Waals surface area contributed by atoms with E-state index < -0.39 is 0 Å². The van der Waals surface area contributed by atoms with E-state index in [1.54, 1.807) is 29.8 Å². The Balaban J connectivity index is 1.71. The Morgan fingerprint density at radius 2 is 2.32 bits per heavy atom. The van der Waals surface area contributed by atoms with Gasteiger partial charge in [-0.3, -0.25) is 0 Å². The third kappa shape index (κ3) is 1.84.